The molecule has 21 heavy (non-hydrogen) atoms. The van der Waals surface area contributed by atoms with E-state index in [4.69, 9.17) is 10.5 Å². The van der Waals surface area contributed by atoms with Crippen molar-refractivity contribution in [2.45, 2.75) is 32.5 Å². The van der Waals surface area contributed by atoms with Gasteiger partial charge in [0, 0.05) is 47.7 Å². The lowest BCUT2D eigenvalue weighted by molar-refractivity contribution is 0.0668. The summed E-state index contributed by atoms with van der Waals surface area (Å²) in [5, 5.41) is 0.751. The average molecular weight is 308 g/mol. The molecule has 1 aliphatic rings. The summed E-state index contributed by atoms with van der Waals surface area (Å²) in [6, 6.07) is 5.27. The lowest BCUT2D eigenvalue weighted by Crippen LogP contribution is -2.30. The highest BCUT2D eigenvalue weighted by Gasteiger charge is 2.20. The Kier molecular flexibility index (Phi) is 4.54. The summed E-state index contributed by atoms with van der Waals surface area (Å²) in [5.41, 5.74) is 6.93. The Hall–Kier alpha value is -1.01. The van der Waals surface area contributed by atoms with Gasteiger partial charge in [-0.3, -0.25) is 4.90 Å². The number of benzene rings is 1. The van der Waals surface area contributed by atoms with Crippen LogP contribution in [0.4, 0.5) is 4.39 Å². The molecule has 0 radical (unpaired) electrons. The number of halogens is 1. The molecule has 1 fully saturated rings. The number of fused-ring (bicyclic) bond motifs is 1. The number of ether oxygens (including phenoxy) is 1. The minimum Gasteiger partial charge on any atom is -0.377 e. The molecule has 2 aromatic rings. The van der Waals surface area contributed by atoms with E-state index in [0.717, 1.165) is 53.2 Å². The molecule has 3 rings (SSSR count). The van der Waals surface area contributed by atoms with Crippen LogP contribution in [0.15, 0.2) is 18.2 Å². The van der Waals surface area contributed by atoms with Crippen LogP contribution >= 0.6 is 11.3 Å². The molecule has 5 heteroatoms. The number of nitrogens with zero attached hydrogens (tertiary/aromatic N) is 1. The van der Waals surface area contributed by atoms with Crippen LogP contribution in [-0.4, -0.2) is 30.7 Å². The molecule has 1 aliphatic heterocycles. The Morgan fingerprint density at radius 1 is 1.48 bits per heavy atom. The van der Waals surface area contributed by atoms with E-state index in [1.165, 1.54) is 6.07 Å². The predicted molar refractivity (Wildman–Crippen MR) is 85.0 cm³/mol. The van der Waals surface area contributed by atoms with E-state index in [9.17, 15) is 4.39 Å². The normalized spacial score (nSPS) is 20.8. The fourth-order valence-corrected chi connectivity index (χ4v) is 4.10. The van der Waals surface area contributed by atoms with Gasteiger partial charge >= 0.3 is 0 Å². The second-order valence-electron chi connectivity index (χ2n) is 5.59. The van der Waals surface area contributed by atoms with Crippen LogP contribution < -0.4 is 5.73 Å². The number of nitrogens with two attached hydrogens (primary N) is 1. The largest absolute Gasteiger partial charge is 0.377 e. The van der Waals surface area contributed by atoms with Gasteiger partial charge in [-0.15, -0.1) is 11.3 Å². The molecule has 0 aliphatic carbocycles. The standard InChI is InChI=1S/C16H21FN2OS/c1-11-9-19(6-3-7-20-11)10-12-15(8-18)21-14-5-2-4-13(17)16(12)14/h2,4-5,11H,3,6-10,18H2,1H3. The Bertz CT molecular complexity index is 628. The van der Waals surface area contributed by atoms with Crippen LogP contribution in [0.2, 0.25) is 0 Å². The molecular formula is C16H21FN2OS. The van der Waals surface area contributed by atoms with Crippen LogP contribution in [-0.2, 0) is 17.8 Å². The first-order valence-corrected chi connectivity index (χ1v) is 8.23. The van der Waals surface area contributed by atoms with Crippen LogP contribution in [0, 0.1) is 5.82 Å². The summed E-state index contributed by atoms with van der Waals surface area (Å²) in [4.78, 5) is 3.44. The van der Waals surface area contributed by atoms with Gasteiger partial charge in [-0.2, -0.15) is 0 Å². The van der Waals surface area contributed by atoms with E-state index in [2.05, 4.69) is 11.8 Å². The first kappa shape index (κ1) is 14.9. The first-order chi connectivity index (χ1) is 10.2. The van der Waals surface area contributed by atoms with Crippen LogP contribution in [0.1, 0.15) is 23.8 Å². The van der Waals surface area contributed by atoms with Crippen molar-refractivity contribution in [3.63, 3.8) is 0 Å². The molecule has 0 saturated carbocycles. The molecule has 0 amide bonds. The van der Waals surface area contributed by atoms with Gasteiger partial charge < -0.3 is 10.5 Å². The van der Waals surface area contributed by atoms with Gasteiger partial charge in [-0.05, 0) is 31.0 Å². The van der Waals surface area contributed by atoms with Crippen molar-refractivity contribution in [2.24, 2.45) is 5.73 Å². The monoisotopic (exact) mass is 308 g/mol. The Morgan fingerprint density at radius 2 is 2.33 bits per heavy atom. The maximum Gasteiger partial charge on any atom is 0.132 e. The smallest absolute Gasteiger partial charge is 0.132 e. The molecule has 0 spiro atoms. The second-order valence-corrected chi connectivity index (χ2v) is 6.73. The minimum atomic E-state index is -0.141. The highest BCUT2D eigenvalue weighted by molar-refractivity contribution is 7.19. The maximum atomic E-state index is 14.2. The van der Waals surface area contributed by atoms with Crippen LogP contribution in [0.5, 0.6) is 0 Å². The SMILES string of the molecule is CC1CN(Cc2c(CN)sc3cccc(F)c23)CCCO1. The molecule has 2 N–H and O–H groups in total. The zero-order chi connectivity index (χ0) is 14.8. The molecule has 2 heterocycles. The first-order valence-electron chi connectivity index (χ1n) is 7.42. The van der Waals surface area contributed by atoms with Crippen molar-refractivity contribution in [3.8, 4) is 0 Å². The van der Waals surface area contributed by atoms with E-state index in [-0.39, 0.29) is 11.9 Å². The van der Waals surface area contributed by atoms with Crippen LogP contribution in [0.3, 0.4) is 0 Å². The van der Waals surface area contributed by atoms with Crippen molar-refractivity contribution in [1.29, 1.82) is 0 Å². The molecule has 3 nitrogen and oxygen atoms in total. The second kappa shape index (κ2) is 6.40. The topological polar surface area (TPSA) is 38.5 Å². The summed E-state index contributed by atoms with van der Waals surface area (Å²) in [7, 11) is 0. The zero-order valence-electron chi connectivity index (χ0n) is 12.3. The third-order valence-electron chi connectivity index (χ3n) is 3.95. The third kappa shape index (κ3) is 3.11. The van der Waals surface area contributed by atoms with Gasteiger partial charge in [0.25, 0.3) is 0 Å². The fourth-order valence-electron chi connectivity index (χ4n) is 3.00. The number of thiophene rings is 1. The van der Waals surface area contributed by atoms with Crippen molar-refractivity contribution >= 4 is 21.4 Å². The molecule has 1 aromatic carbocycles. The van der Waals surface area contributed by atoms with Gasteiger partial charge in [-0.1, -0.05) is 6.07 Å². The molecule has 1 saturated heterocycles. The predicted octanol–water partition coefficient (Wildman–Crippen LogP) is 3.11. The van der Waals surface area contributed by atoms with Gasteiger partial charge in [0.2, 0.25) is 0 Å². The highest BCUT2D eigenvalue weighted by atomic mass is 32.1. The van der Waals surface area contributed by atoms with E-state index in [0.29, 0.717) is 6.54 Å². The van der Waals surface area contributed by atoms with Crippen molar-refractivity contribution in [2.75, 3.05) is 19.7 Å². The highest BCUT2D eigenvalue weighted by Crippen LogP contribution is 2.34. The molecule has 1 atom stereocenters. The maximum absolute atomic E-state index is 14.2. The molecule has 1 unspecified atom stereocenters. The van der Waals surface area contributed by atoms with E-state index in [1.807, 2.05) is 6.07 Å². The van der Waals surface area contributed by atoms with Crippen molar-refractivity contribution in [3.05, 3.63) is 34.5 Å². The molecule has 1 aromatic heterocycles. The summed E-state index contributed by atoms with van der Waals surface area (Å²) < 4.78 is 20.9. The Balaban J connectivity index is 1.95. The molecule has 114 valence electrons. The van der Waals surface area contributed by atoms with E-state index >= 15 is 0 Å². The Morgan fingerprint density at radius 3 is 3.14 bits per heavy atom. The Labute approximate surface area is 128 Å². The third-order valence-corrected chi connectivity index (χ3v) is 5.17. The van der Waals surface area contributed by atoms with Gasteiger partial charge in [-0.25, -0.2) is 4.39 Å². The van der Waals surface area contributed by atoms with Crippen molar-refractivity contribution in [1.82, 2.24) is 4.90 Å². The lowest BCUT2D eigenvalue weighted by Gasteiger charge is -2.22. The van der Waals surface area contributed by atoms with Crippen molar-refractivity contribution < 1.29 is 9.13 Å². The summed E-state index contributed by atoms with van der Waals surface area (Å²) in [5.74, 6) is -0.141. The summed E-state index contributed by atoms with van der Waals surface area (Å²) >= 11 is 1.61. The van der Waals surface area contributed by atoms with E-state index in [1.54, 1.807) is 17.4 Å². The number of rotatable bonds is 3. The summed E-state index contributed by atoms with van der Waals surface area (Å²) in [6.07, 6.45) is 1.25. The van der Waals surface area contributed by atoms with Gasteiger partial charge in [0.15, 0.2) is 0 Å². The average Bonchev–Trinajstić information content (AvgIpc) is 2.69. The van der Waals surface area contributed by atoms with E-state index < -0.39 is 0 Å². The quantitative estimate of drug-likeness (QED) is 0.947. The molecular weight excluding hydrogens is 287 g/mol. The van der Waals surface area contributed by atoms with Crippen LogP contribution in [0.25, 0.3) is 10.1 Å². The number of hydrogen-bond acceptors (Lipinski definition) is 4. The zero-order valence-corrected chi connectivity index (χ0v) is 13.1. The lowest BCUT2D eigenvalue weighted by atomic mass is 10.1. The van der Waals surface area contributed by atoms with Gasteiger partial charge in [0.1, 0.15) is 5.82 Å². The van der Waals surface area contributed by atoms with Gasteiger partial charge in [0.05, 0.1) is 6.10 Å². The molecule has 0 bridgehead atoms. The number of hydrogen-bond donors (Lipinski definition) is 1. The summed E-state index contributed by atoms with van der Waals surface area (Å²) in [6.45, 7) is 5.99. The fraction of sp³-hybridized carbons (Fsp3) is 0.500. The minimum absolute atomic E-state index is 0.141.